The Morgan fingerprint density at radius 2 is 2.03 bits per heavy atom. The molecule has 1 saturated heterocycles. The smallest absolute Gasteiger partial charge is 0.250 e. The molecule has 0 radical (unpaired) electrons. The van der Waals surface area contributed by atoms with Crippen LogP contribution in [0.2, 0.25) is 0 Å². The highest BCUT2D eigenvalue weighted by molar-refractivity contribution is 7.98. The number of hydrogen-bond acceptors (Lipinski definition) is 4. The second-order valence-electron chi connectivity index (χ2n) is 8.18. The lowest BCUT2D eigenvalue weighted by Gasteiger charge is -2.42. The number of hydrogen-bond donors (Lipinski definition) is 1. The molecule has 0 aliphatic carbocycles. The third-order valence-electron chi connectivity index (χ3n) is 6.17. The summed E-state index contributed by atoms with van der Waals surface area (Å²) in [4.78, 5) is 27.4. The second-order valence-corrected chi connectivity index (χ2v) is 9.16. The minimum atomic E-state index is -0.142. The molecule has 29 heavy (non-hydrogen) atoms. The summed E-state index contributed by atoms with van der Waals surface area (Å²) >= 11 is 1.77. The van der Waals surface area contributed by atoms with Gasteiger partial charge in [-0.15, -0.1) is 0 Å². The number of rotatable bonds is 8. The molecule has 0 aromatic carbocycles. The number of likely N-dealkylation sites (tertiary alicyclic amines) is 1. The molecule has 0 saturated carbocycles. The third-order valence-corrected chi connectivity index (χ3v) is 6.81. The van der Waals surface area contributed by atoms with Crippen molar-refractivity contribution in [3.8, 4) is 0 Å². The van der Waals surface area contributed by atoms with Crippen molar-refractivity contribution >= 4 is 17.7 Å². The van der Waals surface area contributed by atoms with Crippen LogP contribution in [-0.4, -0.2) is 58.1 Å². The van der Waals surface area contributed by atoms with Gasteiger partial charge in [-0.25, -0.2) is 0 Å². The molecule has 2 aliphatic rings. The molecule has 1 fully saturated rings. The van der Waals surface area contributed by atoms with Crippen LogP contribution < -0.4 is 10.9 Å². The number of fused-ring (bicyclic) bond motifs is 4. The summed E-state index contributed by atoms with van der Waals surface area (Å²) in [5.41, 5.74) is 1.30. The highest BCUT2D eigenvalue weighted by Gasteiger charge is 2.34. The highest BCUT2D eigenvalue weighted by atomic mass is 32.2. The van der Waals surface area contributed by atoms with E-state index in [0.29, 0.717) is 18.4 Å². The Hall–Kier alpha value is -1.99. The van der Waals surface area contributed by atoms with Crippen LogP contribution in [0.1, 0.15) is 30.5 Å². The quantitative estimate of drug-likeness (QED) is 0.719. The van der Waals surface area contributed by atoms with E-state index in [0.717, 1.165) is 44.8 Å². The first kappa shape index (κ1) is 20.3. The van der Waals surface area contributed by atoms with Crippen molar-refractivity contribution in [2.45, 2.75) is 31.3 Å². The van der Waals surface area contributed by atoms with Crippen LogP contribution in [-0.2, 0) is 11.3 Å². The molecule has 6 nitrogen and oxygen atoms in total. The number of amides is 1. The van der Waals surface area contributed by atoms with Crippen LogP contribution in [0.3, 0.4) is 0 Å². The maximum Gasteiger partial charge on any atom is 0.250 e. The van der Waals surface area contributed by atoms with Gasteiger partial charge in [0.25, 0.3) is 5.56 Å². The first-order chi connectivity index (χ1) is 14.2. The molecule has 4 heterocycles. The van der Waals surface area contributed by atoms with Crippen molar-refractivity contribution in [3.05, 3.63) is 58.8 Å². The number of nitrogens with zero attached hydrogens (tertiary/aromatic N) is 3. The lowest BCUT2D eigenvalue weighted by atomic mass is 9.83. The molecular weight excluding hydrogens is 384 g/mol. The van der Waals surface area contributed by atoms with E-state index >= 15 is 0 Å². The maximum atomic E-state index is 12.8. The van der Waals surface area contributed by atoms with Crippen molar-refractivity contribution < 1.29 is 4.79 Å². The van der Waals surface area contributed by atoms with E-state index in [9.17, 15) is 9.59 Å². The minimum Gasteiger partial charge on any atom is -0.353 e. The Balaban J connectivity index is 1.32. The molecule has 1 N–H and O–H groups in total. The third kappa shape index (κ3) is 4.61. The van der Waals surface area contributed by atoms with Gasteiger partial charge in [0, 0.05) is 62.8 Å². The van der Waals surface area contributed by atoms with Gasteiger partial charge in [-0.05, 0) is 49.0 Å². The Labute approximate surface area is 176 Å². The van der Waals surface area contributed by atoms with Crippen molar-refractivity contribution in [2.75, 3.05) is 38.2 Å². The van der Waals surface area contributed by atoms with E-state index < -0.39 is 0 Å². The number of thioether (sulfide) groups is 1. The van der Waals surface area contributed by atoms with Crippen molar-refractivity contribution in [1.82, 2.24) is 19.4 Å². The van der Waals surface area contributed by atoms with Crippen molar-refractivity contribution in [1.29, 1.82) is 0 Å². The van der Waals surface area contributed by atoms with Crippen LogP contribution in [0.5, 0.6) is 0 Å². The lowest BCUT2D eigenvalue weighted by Crippen LogP contribution is -2.49. The minimum absolute atomic E-state index is 0.101. The van der Waals surface area contributed by atoms with E-state index in [1.165, 1.54) is 5.69 Å². The van der Waals surface area contributed by atoms with Crippen LogP contribution in [0, 0.1) is 5.92 Å². The molecule has 2 bridgehead atoms. The van der Waals surface area contributed by atoms with Gasteiger partial charge in [0.2, 0.25) is 5.91 Å². The zero-order valence-electron chi connectivity index (χ0n) is 17.0. The lowest BCUT2D eigenvalue weighted by molar-refractivity contribution is -0.124. The molecule has 3 atom stereocenters. The summed E-state index contributed by atoms with van der Waals surface area (Å²) in [5, 5.41) is 3.16. The van der Waals surface area contributed by atoms with Gasteiger partial charge in [0.1, 0.15) is 6.04 Å². The molecule has 2 aromatic heterocycles. The highest BCUT2D eigenvalue weighted by Crippen LogP contribution is 2.34. The van der Waals surface area contributed by atoms with Crippen LogP contribution in [0.4, 0.5) is 0 Å². The van der Waals surface area contributed by atoms with E-state index in [-0.39, 0.29) is 17.5 Å². The number of pyridine rings is 1. The molecule has 1 amide bonds. The van der Waals surface area contributed by atoms with E-state index in [1.54, 1.807) is 17.8 Å². The predicted octanol–water partition coefficient (Wildman–Crippen LogP) is 2.18. The first-order valence-electron chi connectivity index (χ1n) is 10.5. The van der Waals surface area contributed by atoms with Gasteiger partial charge in [-0.1, -0.05) is 6.07 Å². The first-order valence-corrected chi connectivity index (χ1v) is 11.9. The van der Waals surface area contributed by atoms with Gasteiger partial charge in [-0.2, -0.15) is 11.8 Å². The summed E-state index contributed by atoms with van der Waals surface area (Å²) in [6.07, 6.45) is 8.01. The van der Waals surface area contributed by atoms with E-state index in [2.05, 4.69) is 22.5 Å². The fourth-order valence-corrected chi connectivity index (χ4v) is 5.29. The summed E-state index contributed by atoms with van der Waals surface area (Å²) in [6.45, 7) is 4.30. The Bertz CT molecular complexity index is 879. The number of carbonyl (C=O) groups is 1. The summed E-state index contributed by atoms with van der Waals surface area (Å²) in [5.74, 6) is 2.00. The summed E-state index contributed by atoms with van der Waals surface area (Å²) in [7, 11) is 0. The molecule has 2 unspecified atom stereocenters. The van der Waals surface area contributed by atoms with Gasteiger partial charge in [0.05, 0.1) is 0 Å². The zero-order valence-corrected chi connectivity index (χ0v) is 17.8. The number of piperidine rings is 1. The molecule has 156 valence electrons. The normalized spacial score (nSPS) is 22.1. The predicted molar refractivity (Wildman–Crippen MR) is 117 cm³/mol. The molecule has 2 aliphatic heterocycles. The fraction of sp³-hybridized carbons (Fsp3) is 0.545. The van der Waals surface area contributed by atoms with Gasteiger partial charge in [-0.3, -0.25) is 9.59 Å². The second kappa shape index (κ2) is 9.22. The molecule has 0 spiro atoms. The average molecular weight is 415 g/mol. The molecule has 4 rings (SSSR count). The largest absolute Gasteiger partial charge is 0.353 e. The van der Waals surface area contributed by atoms with Crippen molar-refractivity contribution in [2.24, 2.45) is 5.92 Å². The number of nitrogens with one attached hydrogen (secondary N) is 1. The molecule has 7 heteroatoms. The van der Waals surface area contributed by atoms with Crippen molar-refractivity contribution in [3.63, 3.8) is 0 Å². The number of carbonyl (C=O) groups excluding carboxylic acids is 1. The summed E-state index contributed by atoms with van der Waals surface area (Å²) in [6, 6.07) is 9.43. The average Bonchev–Trinajstić information content (AvgIpc) is 3.24. The van der Waals surface area contributed by atoms with Gasteiger partial charge >= 0.3 is 0 Å². The summed E-state index contributed by atoms with van der Waals surface area (Å²) < 4.78 is 3.97. The van der Waals surface area contributed by atoms with Gasteiger partial charge < -0.3 is 19.4 Å². The Kier molecular flexibility index (Phi) is 6.45. The van der Waals surface area contributed by atoms with E-state index in [4.69, 9.17) is 0 Å². The van der Waals surface area contributed by atoms with Crippen LogP contribution >= 0.6 is 11.8 Å². The van der Waals surface area contributed by atoms with Crippen LogP contribution in [0.15, 0.2) is 47.5 Å². The maximum absolute atomic E-state index is 12.8. The SMILES string of the molecule is CSCC[C@@H](C(=O)NCCN1CC2CC(C1)c1cccc(=O)n1C2)n1cccc1. The standard InChI is InChI=1S/C22H30N4O2S/c1-29-12-7-20(25-9-2-3-10-25)22(28)23-8-11-24-14-17-13-18(16-24)19-5-4-6-21(27)26(19)15-17/h2-6,9-10,17-18,20H,7-8,11-16H2,1H3,(H,23,28)/t17?,18?,20-/m0/s1. The Morgan fingerprint density at radius 3 is 2.83 bits per heavy atom. The van der Waals surface area contributed by atoms with Crippen LogP contribution in [0.25, 0.3) is 0 Å². The Morgan fingerprint density at radius 1 is 1.21 bits per heavy atom. The van der Waals surface area contributed by atoms with Gasteiger partial charge in [0.15, 0.2) is 0 Å². The molecular formula is C22H30N4O2S. The zero-order chi connectivity index (χ0) is 20.2. The topological polar surface area (TPSA) is 59.3 Å². The van der Waals surface area contributed by atoms with E-state index in [1.807, 2.05) is 39.7 Å². The molecule has 2 aromatic rings. The number of aromatic nitrogens is 2. The fourth-order valence-electron chi connectivity index (χ4n) is 4.83. The monoisotopic (exact) mass is 414 g/mol.